The molecule has 1 saturated carbocycles. The van der Waals surface area contributed by atoms with E-state index in [0.29, 0.717) is 18.6 Å². The maximum atomic E-state index is 11.2. The fourth-order valence-corrected chi connectivity index (χ4v) is 2.23. The van der Waals surface area contributed by atoms with Crippen LogP contribution in [0.1, 0.15) is 19.3 Å². The summed E-state index contributed by atoms with van der Waals surface area (Å²) < 4.78 is 5.88. The smallest absolute Gasteiger partial charge is 0.145 e. The molecule has 1 fully saturated rings. The van der Waals surface area contributed by atoms with E-state index in [4.69, 9.17) is 4.74 Å². The van der Waals surface area contributed by atoms with Gasteiger partial charge in [0.25, 0.3) is 0 Å². The van der Waals surface area contributed by atoms with Crippen LogP contribution in [-0.2, 0) is 4.79 Å². The molecule has 0 aliphatic heterocycles. The van der Waals surface area contributed by atoms with Crippen molar-refractivity contribution in [1.82, 2.24) is 4.98 Å². The van der Waals surface area contributed by atoms with Gasteiger partial charge in [-0.2, -0.15) is 0 Å². The molecule has 0 N–H and O–H groups in total. The van der Waals surface area contributed by atoms with Crippen LogP contribution in [0.15, 0.2) is 36.5 Å². The first-order valence-electron chi connectivity index (χ1n) is 5.85. The lowest BCUT2D eigenvalue weighted by Crippen LogP contribution is -2.12. The van der Waals surface area contributed by atoms with Crippen molar-refractivity contribution in [3.63, 3.8) is 0 Å². The topological polar surface area (TPSA) is 39.2 Å². The number of ketones is 1. The lowest BCUT2D eigenvalue weighted by atomic mass is 10.2. The number of aromatic nitrogens is 1. The Hall–Kier alpha value is -1.90. The Balaban J connectivity index is 1.92. The maximum absolute atomic E-state index is 11.2. The Bertz CT molecular complexity index is 560. The Morgan fingerprint density at radius 1 is 1.24 bits per heavy atom. The summed E-state index contributed by atoms with van der Waals surface area (Å²) >= 11 is 0. The summed E-state index contributed by atoms with van der Waals surface area (Å²) in [6, 6.07) is 9.80. The van der Waals surface area contributed by atoms with Gasteiger partial charge in [0.1, 0.15) is 23.2 Å². The van der Waals surface area contributed by atoms with Crippen LogP contribution in [0.2, 0.25) is 0 Å². The quantitative estimate of drug-likeness (QED) is 0.791. The average Bonchev–Trinajstić information content (AvgIpc) is 2.75. The molecule has 1 atom stereocenters. The molecule has 1 heterocycles. The zero-order chi connectivity index (χ0) is 11.7. The molecule has 0 amide bonds. The number of benzene rings is 1. The van der Waals surface area contributed by atoms with Crippen LogP contribution in [0, 0.1) is 0 Å². The summed E-state index contributed by atoms with van der Waals surface area (Å²) in [6.07, 6.45) is 3.78. The molecule has 3 nitrogen and oxygen atoms in total. The Morgan fingerprint density at radius 2 is 2.12 bits per heavy atom. The Labute approximate surface area is 99.4 Å². The number of ether oxygens (including phenoxy) is 1. The zero-order valence-electron chi connectivity index (χ0n) is 9.43. The van der Waals surface area contributed by atoms with Crippen LogP contribution in [-0.4, -0.2) is 16.9 Å². The van der Waals surface area contributed by atoms with Crippen molar-refractivity contribution in [1.29, 1.82) is 0 Å². The second-order valence-electron chi connectivity index (χ2n) is 4.35. The number of carbonyl (C=O) groups is 1. The first-order valence-corrected chi connectivity index (χ1v) is 5.85. The summed E-state index contributed by atoms with van der Waals surface area (Å²) in [6.45, 7) is 0. The summed E-state index contributed by atoms with van der Waals surface area (Å²) in [5.41, 5.74) is 0.870. The summed E-state index contributed by atoms with van der Waals surface area (Å²) in [5, 5.41) is 1.06. The van der Waals surface area contributed by atoms with Gasteiger partial charge in [0.2, 0.25) is 0 Å². The van der Waals surface area contributed by atoms with E-state index >= 15 is 0 Å². The SMILES string of the molecule is O=C1CCC(Oc2cccc3cccnc23)C1. The van der Waals surface area contributed by atoms with Crippen molar-refractivity contribution in [2.45, 2.75) is 25.4 Å². The van der Waals surface area contributed by atoms with Gasteiger partial charge < -0.3 is 4.74 Å². The van der Waals surface area contributed by atoms with Gasteiger partial charge in [-0.25, -0.2) is 0 Å². The van der Waals surface area contributed by atoms with Gasteiger partial charge in [0.15, 0.2) is 0 Å². The molecule has 1 aromatic carbocycles. The van der Waals surface area contributed by atoms with Crippen molar-refractivity contribution < 1.29 is 9.53 Å². The van der Waals surface area contributed by atoms with E-state index < -0.39 is 0 Å². The third-order valence-electron chi connectivity index (χ3n) is 3.09. The fraction of sp³-hybridized carbons (Fsp3) is 0.286. The second-order valence-corrected chi connectivity index (χ2v) is 4.35. The van der Waals surface area contributed by atoms with Crippen molar-refractivity contribution in [3.8, 4) is 5.75 Å². The molecule has 1 unspecified atom stereocenters. The number of hydrogen-bond acceptors (Lipinski definition) is 3. The highest BCUT2D eigenvalue weighted by molar-refractivity contribution is 5.84. The second kappa shape index (κ2) is 4.17. The maximum Gasteiger partial charge on any atom is 0.145 e. The first kappa shape index (κ1) is 10.3. The molecule has 0 saturated heterocycles. The normalized spacial score (nSPS) is 19.8. The predicted molar refractivity (Wildman–Crippen MR) is 65.0 cm³/mol. The van der Waals surface area contributed by atoms with E-state index in [2.05, 4.69) is 4.98 Å². The molecular formula is C14H13NO2. The molecular weight excluding hydrogens is 214 g/mol. The first-order chi connectivity index (χ1) is 8.33. The number of fused-ring (bicyclic) bond motifs is 1. The molecule has 1 aliphatic carbocycles. The predicted octanol–water partition coefficient (Wildman–Crippen LogP) is 2.74. The molecule has 0 radical (unpaired) electrons. The Morgan fingerprint density at radius 3 is 2.94 bits per heavy atom. The molecule has 0 spiro atoms. The number of nitrogens with zero attached hydrogens (tertiary/aromatic N) is 1. The van der Waals surface area contributed by atoms with Crippen LogP contribution in [0.3, 0.4) is 0 Å². The van der Waals surface area contributed by atoms with Crippen LogP contribution in [0.5, 0.6) is 5.75 Å². The van der Waals surface area contributed by atoms with E-state index in [9.17, 15) is 4.79 Å². The standard InChI is InChI=1S/C14H13NO2/c16-11-6-7-12(9-11)17-13-5-1-3-10-4-2-8-15-14(10)13/h1-5,8,12H,6-7,9H2. The third kappa shape index (κ3) is 2.00. The molecule has 86 valence electrons. The molecule has 17 heavy (non-hydrogen) atoms. The number of para-hydroxylation sites is 1. The lowest BCUT2D eigenvalue weighted by molar-refractivity contribution is -0.117. The monoisotopic (exact) mass is 227 g/mol. The van der Waals surface area contributed by atoms with Crippen molar-refractivity contribution in [2.75, 3.05) is 0 Å². The van der Waals surface area contributed by atoms with Gasteiger partial charge >= 0.3 is 0 Å². The number of carbonyl (C=O) groups excluding carboxylic acids is 1. The highest BCUT2D eigenvalue weighted by atomic mass is 16.5. The highest BCUT2D eigenvalue weighted by Crippen LogP contribution is 2.27. The van der Waals surface area contributed by atoms with Gasteiger partial charge in [0.05, 0.1) is 0 Å². The van der Waals surface area contributed by atoms with Crippen molar-refractivity contribution in [3.05, 3.63) is 36.5 Å². The van der Waals surface area contributed by atoms with Gasteiger partial charge in [-0.05, 0) is 18.6 Å². The van der Waals surface area contributed by atoms with Crippen LogP contribution in [0.25, 0.3) is 10.9 Å². The van der Waals surface area contributed by atoms with Gasteiger partial charge in [-0.1, -0.05) is 18.2 Å². The minimum absolute atomic E-state index is 0.0232. The van der Waals surface area contributed by atoms with Crippen LogP contribution < -0.4 is 4.74 Å². The van der Waals surface area contributed by atoms with E-state index in [0.717, 1.165) is 23.1 Å². The molecule has 1 aliphatic rings. The summed E-state index contributed by atoms with van der Waals surface area (Å²) in [7, 11) is 0. The molecule has 3 heteroatoms. The number of hydrogen-bond donors (Lipinski definition) is 0. The number of pyridine rings is 1. The van der Waals surface area contributed by atoms with E-state index in [1.165, 1.54) is 0 Å². The fourth-order valence-electron chi connectivity index (χ4n) is 2.23. The van der Waals surface area contributed by atoms with Crippen LogP contribution in [0.4, 0.5) is 0 Å². The number of rotatable bonds is 2. The molecule has 2 aromatic rings. The van der Waals surface area contributed by atoms with E-state index in [1.807, 2.05) is 30.3 Å². The minimum atomic E-state index is 0.0232. The highest BCUT2D eigenvalue weighted by Gasteiger charge is 2.24. The minimum Gasteiger partial charge on any atom is -0.488 e. The molecule has 3 rings (SSSR count). The van der Waals surface area contributed by atoms with Gasteiger partial charge in [-0.15, -0.1) is 0 Å². The number of Topliss-reactive ketones (excluding diaryl/α,β-unsaturated/α-hetero) is 1. The van der Waals surface area contributed by atoms with Crippen molar-refractivity contribution >= 4 is 16.7 Å². The van der Waals surface area contributed by atoms with E-state index in [1.54, 1.807) is 6.20 Å². The van der Waals surface area contributed by atoms with E-state index in [-0.39, 0.29) is 6.10 Å². The van der Waals surface area contributed by atoms with Gasteiger partial charge in [-0.3, -0.25) is 9.78 Å². The van der Waals surface area contributed by atoms with Gasteiger partial charge in [0, 0.05) is 24.4 Å². The average molecular weight is 227 g/mol. The van der Waals surface area contributed by atoms with Crippen LogP contribution >= 0.6 is 0 Å². The largest absolute Gasteiger partial charge is 0.488 e. The molecule has 1 aromatic heterocycles. The summed E-state index contributed by atoms with van der Waals surface area (Å²) in [4.78, 5) is 15.5. The zero-order valence-corrected chi connectivity index (χ0v) is 9.43. The Kier molecular flexibility index (Phi) is 2.52. The lowest BCUT2D eigenvalue weighted by Gasteiger charge is -2.13. The molecule has 0 bridgehead atoms. The summed E-state index contributed by atoms with van der Waals surface area (Å²) in [5.74, 6) is 1.07. The van der Waals surface area contributed by atoms with Crippen molar-refractivity contribution in [2.24, 2.45) is 0 Å². The third-order valence-corrected chi connectivity index (χ3v) is 3.09.